The summed E-state index contributed by atoms with van der Waals surface area (Å²) in [5.41, 5.74) is 0.763. The molecule has 1 saturated heterocycles. The van der Waals surface area contributed by atoms with Crippen molar-refractivity contribution >= 4 is 23.4 Å². The zero-order valence-corrected chi connectivity index (χ0v) is 17.9. The van der Waals surface area contributed by atoms with E-state index in [0.29, 0.717) is 19.1 Å². The SMILES string of the molecule is O=C(CN1CCCCC1CNC(=O)Nc1ccccc1)Nc1ccnn1C1CCCC1. The van der Waals surface area contributed by atoms with Gasteiger partial charge in [0.25, 0.3) is 0 Å². The maximum atomic E-state index is 12.8. The lowest BCUT2D eigenvalue weighted by Crippen LogP contribution is -2.49. The van der Waals surface area contributed by atoms with E-state index in [4.69, 9.17) is 0 Å². The second-order valence-corrected chi connectivity index (χ2v) is 8.47. The van der Waals surface area contributed by atoms with Crippen LogP contribution in [0.15, 0.2) is 42.6 Å². The number of nitrogens with one attached hydrogen (secondary N) is 3. The predicted molar refractivity (Wildman–Crippen MR) is 121 cm³/mol. The molecule has 2 aromatic rings. The molecule has 1 unspecified atom stereocenters. The molecule has 1 aromatic heterocycles. The van der Waals surface area contributed by atoms with E-state index in [0.717, 1.165) is 50.2 Å². The van der Waals surface area contributed by atoms with E-state index in [1.807, 2.05) is 41.1 Å². The molecule has 0 spiro atoms. The third kappa shape index (κ3) is 5.85. The van der Waals surface area contributed by atoms with E-state index >= 15 is 0 Å². The summed E-state index contributed by atoms with van der Waals surface area (Å²) in [5, 5.41) is 13.3. The van der Waals surface area contributed by atoms with Crippen molar-refractivity contribution in [3.05, 3.63) is 42.6 Å². The van der Waals surface area contributed by atoms with Gasteiger partial charge in [0.1, 0.15) is 5.82 Å². The highest BCUT2D eigenvalue weighted by Crippen LogP contribution is 2.31. The number of anilines is 2. The third-order valence-electron chi connectivity index (χ3n) is 6.23. The molecular formula is C23H32N6O2. The molecule has 2 heterocycles. The maximum absolute atomic E-state index is 12.8. The molecule has 8 nitrogen and oxygen atoms in total. The Morgan fingerprint density at radius 1 is 0.968 bits per heavy atom. The Hall–Kier alpha value is -2.87. The minimum absolute atomic E-state index is 0.0274. The Bertz CT molecular complexity index is 862. The van der Waals surface area contributed by atoms with Gasteiger partial charge < -0.3 is 16.0 Å². The van der Waals surface area contributed by atoms with Crippen LogP contribution in [-0.2, 0) is 4.79 Å². The molecule has 8 heteroatoms. The van der Waals surface area contributed by atoms with E-state index in [1.165, 1.54) is 12.8 Å². The second-order valence-electron chi connectivity index (χ2n) is 8.47. The number of nitrogens with zero attached hydrogens (tertiary/aromatic N) is 3. The summed E-state index contributed by atoms with van der Waals surface area (Å²) in [5.74, 6) is 0.756. The molecule has 4 rings (SSSR count). The largest absolute Gasteiger partial charge is 0.336 e. The van der Waals surface area contributed by atoms with Crippen molar-refractivity contribution < 1.29 is 9.59 Å². The molecule has 0 radical (unpaired) electrons. The number of likely N-dealkylation sites (tertiary alicyclic amines) is 1. The average molecular weight is 425 g/mol. The first-order chi connectivity index (χ1) is 15.2. The van der Waals surface area contributed by atoms with Crippen molar-refractivity contribution in [3.8, 4) is 0 Å². The van der Waals surface area contributed by atoms with E-state index in [1.54, 1.807) is 6.20 Å². The number of carbonyl (C=O) groups excluding carboxylic acids is 2. The predicted octanol–water partition coefficient (Wildman–Crippen LogP) is 3.61. The second kappa shape index (κ2) is 10.4. The number of urea groups is 1. The third-order valence-corrected chi connectivity index (χ3v) is 6.23. The molecular weight excluding hydrogens is 392 g/mol. The lowest BCUT2D eigenvalue weighted by molar-refractivity contribution is -0.118. The molecule has 1 aliphatic carbocycles. The van der Waals surface area contributed by atoms with Crippen LogP contribution in [0.3, 0.4) is 0 Å². The smallest absolute Gasteiger partial charge is 0.319 e. The van der Waals surface area contributed by atoms with Crippen molar-refractivity contribution in [2.24, 2.45) is 0 Å². The monoisotopic (exact) mass is 424 g/mol. The van der Waals surface area contributed by atoms with Crippen LogP contribution in [0, 0.1) is 0 Å². The van der Waals surface area contributed by atoms with Crippen LogP contribution in [0.25, 0.3) is 0 Å². The van der Waals surface area contributed by atoms with E-state index in [-0.39, 0.29) is 18.0 Å². The minimum Gasteiger partial charge on any atom is -0.336 e. The van der Waals surface area contributed by atoms with Gasteiger partial charge in [0, 0.05) is 24.3 Å². The molecule has 0 bridgehead atoms. The van der Waals surface area contributed by atoms with Crippen LogP contribution < -0.4 is 16.0 Å². The van der Waals surface area contributed by atoms with Crippen molar-refractivity contribution in [1.82, 2.24) is 20.0 Å². The zero-order chi connectivity index (χ0) is 21.5. The number of hydrogen-bond donors (Lipinski definition) is 3. The molecule has 2 fully saturated rings. The molecule has 2 aliphatic rings. The first-order valence-corrected chi connectivity index (χ1v) is 11.4. The Balaban J connectivity index is 1.28. The van der Waals surface area contributed by atoms with E-state index < -0.39 is 0 Å². The van der Waals surface area contributed by atoms with Gasteiger partial charge in [0.2, 0.25) is 5.91 Å². The van der Waals surface area contributed by atoms with Crippen LogP contribution in [0.4, 0.5) is 16.3 Å². The molecule has 3 amide bonds. The molecule has 31 heavy (non-hydrogen) atoms. The Morgan fingerprint density at radius 2 is 1.74 bits per heavy atom. The highest BCUT2D eigenvalue weighted by Gasteiger charge is 2.26. The molecule has 1 atom stereocenters. The lowest BCUT2D eigenvalue weighted by atomic mass is 10.0. The number of para-hydroxylation sites is 1. The number of piperidine rings is 1. The zero-order valence-electron chi connectivity index (χ0n) is 17.9. The number of benzene rings is 1. The first-order valence-electron chi connectivity index (χ1n) is 11.4. The molecule has 166 valence electrons. The molecule has 1 aliphatic heterocycles. The fraction of sp³-hybridized carbons (Fsp3) is 0.522. The van der Waals surface area contributed by atoms with Gasteiger partial charge in [-0.2, -0.15) is 5.10 Å². The van der Waals surface area contributed by atoms with Crippen molar-refractivity contribution in [2.45, 2.75) is 57.0 Å². The summed E-state index contributed by atoms with van der Waals surface area (Å²) in [6, 6.07) is 11.6. The Labute approximate surface area is 183 Å². The van der Waals surface area contributed by atoms with Gasteiger partial charge in [0.05, 0.1) is 18.8 Å². The van der Waals surface area contributed by atoms with Gasteiger partial charge in [0.15, 0.2) is 0 Å². The summed E-state index contributed by atoms with van der Waals surface area (Å²) in [7, 11) is 0. The van der Waals surface area contributed by atoms with Crippen molar-refractivity contribution in [3.63, 3.8) is 0 Å². The van der Waals surface area contributed by atoms with Crippen molar-refractivity contribution in [2.75, 3.05) is 30.3 Å². The van der Waals surface area contributed by atoms with Gasteiger partial charge in [-0.3, -0.25) is 9.69 Å². The van der Waals surface area contributed by atoms with Crippen molar-refractivity contribution in [1.29, 1.82) is 0 Å². The average Bonchev–Trinajstić information content (AvgIpc) is 3.45. The normalized spacial score (nSPS) is 19.8. The first kappa shape index (κ1) is 21.4. The summed E-state index contributed by atoms with van der Waals surface area (Å²) in [6.45, 7) is 1.70. The Morgan fingerprint density at radius 3 is 2.55 bits per heavy atom. The van der Waals surface area contributed by atoms with Crippen LogP contribution in [0.1, 0.15) is 51.0 Å². The van der Waals surface area contributed by atoms with Crippen LogP contribution in [0.5, 0.6) is 0 Å². The number of amides is 3. The summed E-state index contributed by atoms with van der Waals surface area (Å²) >= 11 is 0. The van der Waals surface area contributed by atoms with E-state index in [9.17, 15) is 9.59 Å². The lowest BCUT2D eigenvalue weighted by Gasteiger charge is -2.35. The van der Waals surface area contributed by atoms with Crippen LogP contribution in [-0.4, -0.2) is 52.3 Å². The van der Waals surface area contributed by atoms with Gasteiger partial charge in [-0.1, -0.05) is 37.5 Å². The highest BCUT2D eigenvalue weighted by molar-refractivity contribution is 5.91. The quantitative estimate of drug-likeness (QED) is 0.633. The number of rotatable bonds is 7. The van der Waals surface area contributed by atoms with Crippen LogP contribution >= 0.6 is 0 Å². The Kier molecular flexibility index (Phi) is 7.19. The fourth-order valence-electron chi connectivity index (χ4n) is 4.63. The maximum Gasteiger partial charge on any atom is 0.319 e. The number of hydrogen-bond acceptors (Lipinski definition) is 4. The standard InChI is InChI=1S/C23H32N6O2/c30-22(27-21-13-14-25-29(21)19-10-4-5-11-19)17-28-15-7-6-12-20(28)16-24-23(31)26-18-8-2-1-3-9-18/h1-3,8-9,13-14,19-20H,4-7,10-12,15-17H2,(H,27,30)(H2,24,26,31). The number of carbonyl (C=O) groups is 2. The fourth-order valence-corrected chi connectivity index (χ4v) is 4.63. The van der Waals surface area contributed by atoms with Gasteiger partial charge in [-0.05, 0) is 44.4 Å². The summed E-state index contributed by atoms with van der Waals surface area (Å²) in [6.07, 6.45) is 9.59. The highest BCUT2D eigenvalue weighted by atomic mass is 16.2. The van der Waals surface area contributed by atoms with Gasteiger partial charge in [-0.15, -0.1) is 0 Å². The van der Waals surface area contributed by atoms with E-state index in [2.05, 4.69) is 25.9 Å². The van der Waals surface area contributed by atoms with Gasteiger partial charge in [-0.25, -0.2) is 9.48 Å². The molecule has 3 N–H and O–H groups in total. The molecule has 1 saturated carbocycles. The molecule has 1 aromatic carbocycles. The minimum atomic E-state index is -0.221. The summed E-state index contributed by atoms with van der Waals surface area (Å²) in [4.78, 5) is 27.2. The number of aromatic nitrogens is 2. The summed E-state index contributed by atoms with van der Waals surface area (Å²) < 4.78 is 1.97. The van der Waals surface area contributed by atoms with Crippen LogP contribution in [0.2, 0.25) is 0 Å². The van der Waals surface area contributed by atoms with Gasteiger partial charge >= 0.3 is 6.03 Å². The topological polar surface area (TPSA) is 91.3 Å².